The zero-order chi connectivity index (χ0) is 22.7. The molecule has 0 atom stereocenters. The molecule has 1 saturated carbocycles. The van der Waals surface area contributed by atoms with Crippen LogP contribution in [0.5, 0.6) is 0 Å². The van der Waals surface area contributed by atoms with Crippen molar-refractivity contribution in [2.45, 2.75) is 45.1 Å². The maximum atomic E-state index is 11.8. The topological polar surface area (TPSA) is 38.8 Å². The van der Waals surface area contributed by atoms with Gasteiger partial charge in [0.25, 0.3) is 0 Å². The van der Waals surface area contributed by atoms with Crippen molar-refractivity contribution in [1.82, 2.24) is 15.1 Å². The highest BCUT2D eigenvalue weighted by atomic mass is 35.5. The molecule has 0 spiro atoms. The molecule has 1 aromatic rings. The Kier molecular flexibility index (Phi) is 6.11. The van der Waals surface area contributed by atoms with Gasteiger partial charge in [0.1, 0.15) is 0 Å². The summed E-state index contributed by atoms with van der Waals surface area (Å²) in [4.78, 5) is 18.0. The molecule has 1 aromatic carbocycles. The number of halogens is 1. The minimum absolute atomic E-state index is 0.00218. The highest BCUT2D eigenvalue weighted by Crippen LogP contribution is 2.30. The van der Waals surface area contributed by atoms with Crippen LogP contribution in [-0.2, 0) is 0 Å². The first-order valence-corrected chi connectivity index (χ1v) is 10.8. The lowest BCUT2D eigenvalue weighted by atomic mass is 9.84. The second-order valence-corrected chi connectivity index (χ2v) is 8.72. The van der Waals surface area contributed by atoms with Crippen LogP contribution in [-0.4, -0.2) is 68.7 Å². The molecule has 0 bridgehead atoms. The molecular formula is C22H35ClN4O. The second kappa shape index (κ2) is 9.84. The Balaban J connectivity index is 1.44. The minimum Gasteiger partial charge on any atom is -0.368 e. The third-order valence-electron chi connectivity index (χ3n) is 6.09. The van der Waals surface area contributed by atoms with Gasteiger partial charge in [0.05, 0.1) is 14.8 Å². The van der Waals surface area contributed by atoms with Crippen molar-refractivity contribution < 1.29 is 8.91 Å². The first kappa shape index (κ1) is 17.4. The number of hydrogen-bond acceptors (Lipinski definition) is 3. The summed E-state index contributed by atoms with van der Waals surface area (Å²) in [6, 6.07) is 0.374. The van der Waals surface area contributed by atoms with E-state index in [1.54, 1.807) is 25.9 Å². The molecule has 28 heavy (non-hydrogen) atoms. The molecule has 2 aliphatic rings. The first-order valence-electron chi connectivity index (χ1n) is 11.9. The predicted octanol–water partition coefficient (Wildman–Crippen LogP) is 3.99. The number of carbonyl (C=O) groups is 1. The van der Waals surface area contributed by atoms with E-state index in [0.29, 0.717) is 22.3 Å². The van der Waals surface area contributed by atoms with Crippen LogP contribution >= 0.6 is 11.6 Å². The number of benzene rings is 1. The maximum absolute atomic E-state index is 11.8. The van der Waals surface area contributed by atoms with Gasteiger partial charge in [-0.15, -0.1) is 0 Å². The van der Waals surface area contributed by atoms with Crippen LogP contribution in [0.1, 0.15) is 41.8 Å². The quantitative estimate of drug-likeness (QED) is 0.799. The summed E-state index contributed by atoms with van der Waals surface area (Å²) in [6.45, 7) is 6.22. The van der Waals surface area contributed by atoms with E-state index in [4.69, 9.17) is 15.7 Å². The van der Waals surface area contributed by atoms with Gasteiger partial charge in [0.15, 0.2) is 0 Å². The van der Waals surface area contributed by atoms with Crippen molar-refractivity contribution in [1.29, 1.82) is 0 Å². The third-order valence-corrected chi connectivity index (χ3v) is 6.55. The van der Waals surface area contributed by atoms with E-state index in [1.165, 1.54) is 19.3 Å². The van der Waals surface area contributed by atoms with Gasteiger partial charge in [0, 0.05) is 46.3 Å². The van der Waals surface area contributed by atoms with E-state index in [1.807, 2.05) is 0 Å². The van der Waals surface area contributed by atoms with Gasteiger partial charge in [-0.25, -0.2) is 4.79 Å². The zero-order valence-corrected chi connectivity index (χ0v) is 18.1. The fourth-order valence-corrected chi connectivity index (χ4v) is 4.36. The van der Waals surface area contributed by atoms with E-state index < -0.39 is 0 Å². The van der Waals surface area contributed by atoms with Crippen LogP contribution in [0.3, 0.4) is 0 Å². The number of carbonyl (C=O) groups excluding carboxylic acids is 1. The molecule has 1 N–H and O–H groups in total. The van der Waals surface area contributed by atoms with Gasteiger partial charge in [-0.3, -0.25) is 4.90 Å². The number of anilines is 1. The number of piperazine rings is 1. The van der Waals surface area contributed by atoms with Crippen molar-refractivity contribution in [3.63, 3.8) is 0 Å². The predicted molar refractivity (Wildman–Crippen MR) is 117 cm³/mol. The summed E-state index contributed by atoms with van der Waals surface area (Å²) in [5.74, 6) is 0.720. The Labute approximate surface area is 179 Å². The summed E-state index contributed by atoms with van der Waals surface area (Å²) in [5.41, 5.74) is 1.19. The smallest absolute Gasteiger partial charge is 0.317 e. The second-order valence-electron chi connectivity index (χ2n) is 8.34. The summed E-state index contributed by atoms with van der Waals surface area (Å²) >= 11 is 6.46. The molecule has 0 unspecified atom stereocenters. The Morgan fingerprint density at radius 1 is 1.21 bits per heavy atom. The fraction of sp³-hybridized carbons (Fsp3) is 0.682. The van der Waals surface area contributed by atoms with Gasteiger partial charge in [-0.05, 0) is 63.1 Å². The first-order chi connectivity index (χ1) is 14.7. The van der Waals surface area contributed by atoms with Crippen LogP contribution < -0.4 is 10.2 Å². The Hall–Kier alpha value is -1.46. The SMILES string of the molecule is [2H]c1c([2H])c(C)c(Cl)c(N2CCN(CC[C@H]3CC[C@H](NC(=O)N(C)C)CC3)CC2)c1[2H]. The number of hydrogen-bond donors (Lipinski definition) is 1. The summed E-state index contributed by atoms with van der Waals surface area (Å²) in [7, 11) is 3.55. The lowest BCUT2D eigenvalue weighted by Crippen LogP contribution is -2.47. The van der Waals surface area contributed by atoms with Crippen molar-refractivity contribution in [2.75, 3.05) is 51.7 Å². The average Bonchev–Trinajstić information content (AvgIpc) is 2.76. The Morgan fingerprint density at radius 2 is 1.89 bits per heavy atom. The van der Waals surface area contributed by atoms with E-state index in [2.05, 4.69) is 15.1 Å². The van der Waals surface area contributed by atoms with E-state index in [9.17, 15) is 4.79 Å². The number of nitrogens with one attached hydrogen (secondary N) is 1. The summed E-state index contributed by atoms with van der Waals surface area (Å²) in [6.07, 6.45) is 5.64. The summed E-state index contributed by atoms with van der Waals surface area (Å²) in [5, 5.41) is 3.55. The van der Waals surface area contributed by atoms with E-state index in [0.717, 1.165) is 51.5 Å². The molecule has 156 valence electrons. The van der Waals surface area contributed by atoms with Crippen LogP contribution in [0.2, 0.25) is 5.02 Å². The molecule has 2 fully saturated rings. The third kappa shape index (κ3) is 5.54. The van der Waals surface area contributed by atoms with E-state index >= 15 is 0 Å². The van der Waals surface area contributed by atoms with Crippen LogP contribution in [0.4, 0.5) is 10.5 Å². The van der Waals surface area contributed by atoms with Crippen molar-refractivity contribution >= 4 is 23.3 Å². The highest BCUT2D eigenvalue weighted by molar-refractivity contribution is 6.34. The van der Waals surface area contributed by atoms with Crippen LogP contribution in [0, 0.1) is 12.8 Å². The Morgan fingerprint density at radius 3 is 2.54 bits per heavy atom. The number of amides is 2. The number of urea groups is 1. The molecule has 5 nitrogen and oxygen atoms in total. The average molecular weight is 410 g/mol. The van der Waals surface area contributed by atoms with Crippen molar-refractivity contribution in [2.24, 2.45) is 5.92 Å². The Bertz CT molecular complexity index is 762. The molecule has 1 heterocycles. The lowest BCUT2D eigenvalue weighted by Gasteiger charge is -2.37. The highest BCUT2D eigenvalue weighted by Gasteiger charge is 2.24. The van der Waals surface area contributed by atoms with Crippen LogP contribution in [0.25, 0.3) is 0 Å². The monoisotopic (exact) mass is 409 g/mol. The maximum Gasteiger partial charge on any atom is 0.317 e. The van der Waals surface area contributed by atoms with Gasteiger partial charge in [-0.1, -0.05) is 23.7 Å². The van der Waals surface area contributed by atoms with Gasteiger partial charge in [0.2, 0.25) is 0 Å². The standard InChI is InChI=1S/C22H35ClN4O/c1-17-5-4-6-20(21(17)23)27-15-13-26(14-16-27)12-11-18-7-9-19(10-8-18)24-22(28)25(2)3/h4-6,18-19H,7-16H2,1-3H3,(H,24,28)/t18-,19-/i4D,5D,6D. The van der Waals surface area contributed by atoms with Crippen molar-refractivity contribution in [3.8, 4) is 0 Å². The number of nitrogens with zero attached hydrogens (tertiary/aromatic N) is 3. The van der Waals surface area contributed by atoms with Crippen LogP contribution in [0.15, 0.2) is 18.1 Å². The normalized spacial score (nSPS) is 25.0. The molecule has 3 rings (SSSR count). The van der Waals surface area contributed by atoms with Gasteiger partial charge >= 0.3 is 6.03 Å². The number of rotatable bonds is 5. The molecule has 2 amide bonds. The molecular weight excluding hydrogens is 372 g/mol. The summed E-state index contributed by atoms with van der Waals surface area (Å²) < 4.78 is 24.3. The molecule has 0 radical (unpaired) electrons. The lowest BCUT2D eigenvalue weighted by molar-refractivity contribution is 0.194. The van der Waals surface area contributed by atoms with Gasteiger partial charge in [-0.2, -0.15) is 0 Å². The molecule has 1 aliphatic carbocycles. The largest absolute Gasteiger partial charge is 0.368 e. The molecule has 1 aliphatic heterocycles. The van der Waals surface area contributed by atoms with Gasteiger partial charge < -0.3 is 15.1 Å². The van der Waals surface area contributed by atoms with Crippen molar-refractivity contribution in [3.05, 3.63) is 28.7 Å². The fourth-order valence-electron chi connectivity index (χ4n) is 4.15. The zero-order valence-electron chi connectivity index (χ0n) is 20.4. The van der Waals surface area contributed by atoms with E-state index in [-0.39, 0.29) is 24.2 Å². The molecule has 1 saturated heterocycles. The molecule has 6 heteroatoms. The minimum atomic E-state index is -0.0447. The molecule has 0 aromatic heterocycles.